The number of para-hydroxylation sites is 1. The van der Waals surface area contributed by atoms with Gasteiger partial charge in [0.25, 0.3) is 5.56 Å². The molecule has 7 nitrogen and oxygen atoms in total. The molecule has 0 spiro atoms. The SMILES string of the molecule is O=c1[nH]c(N2CCC(C(O)c3ccc(F)cc3)CC2)nc2c1cnn2-c1ccccc1. The van der Waals surface area contributed by atoms with Crippen LogP contribution in [-0.2, 0) is 0 Å². The lowest BCUT2D eigenvalue weighted by molar-refractivity contribution is 0.0927. The summed E-state index contributed by atoms with van der Waals surface area (Å²) in [6.45, 7) is 1.30. The van der Waals surface area contributed by atoms with Crippen molar-refractivity contribution in [2.24, 2.45) is 5.92 Å². The normalized spacial score (nSPS) is 16.0. The number of halogens is 1. The van der Waals surface area contributed by atoms with E-state index in [1.165, 1.54) is 18.3 Å². The third kappa shape index (κ3) is 3.70. The largest absolute Gasteiger partial charge is 0.388 e. The van der Waals surface area contributed by atoms with Gasteiger partial charge in [-0.3, -0.25) is 9.78 Å². The number of H-pyrrole nitrogens is 1. The van der Waals surface area contributed by atoms with Gasteiger partial charge in [0.2, 0.25) is 5.95 Å². The molecule has 0 radical (unpaired) electrons. The van der Waals surface area contributed by atoms with Crippen molar-refractivity contribution in [3.8, 4) is 5.69 Å². The minimum Gasteiger partial charge on any atom is -0.388 e. The summed E-state index contributed by atoms with van der Waals surface area (Å²) in [5.74, 6) is 0.253. The maximum absolute atomic E-state index is 13.2. The highest BCUT2D eigenvalue weighted by molar-refractivity contribution is 5.76. The smallest absolute Gasteiger partial charge is 0.263 e. The number of benzene rings is 2. The van der Waals surface area contributed by atoms with E-state index in [1.807, 2.05) is 35.2 Å². The lowest BCUT2D eigenvalue weighted by Gasteiger charge is -2.34. The monoisotopic (exact) mass is 419 g/mol. The van der Waals surface area contributed by atoms with Crippen molar-refractivity contribution < 1.29 is 9.50 Å². The molecular weight excluding hydrogens is 397 g/mol. The summed E-state index contributed by atoms with van der Waals surface area (Å²) in [6, 6.07) is 15.6. The van der Waals surface area contributed by atoms with E-state index in [-0.39, 0.29) is 17.3 Å². The molecule has 0 bridgehead atoms. The van der Waals surface area contributed by atoms with Crippen molar-refractivity contribution in [3.05, 3.63) is 82.5 Å². The Bertz CT molecular complexity index is 1240. The molecule has 1 aliphatic heterocycles. The Morgan fingerprint density at radius 1 is 1.06 bits per heavy atom. The number of hydrogen-bond donors (Lipinski definition) is 2. The quantitative estimate of drug-likeness (QED) is 0.531. The van der Waals surface area contributed by atoms with E-state index in [0.29, 0.717) is 30.1 Å². The molecule has 2 aromatic heterocycles. The molecular formula is C23H22FN5O2. The number of rotatable bonds is 4. The first-order valence-electron chi connectivity index (χ1n) is 10.3. The average molecular weight is 419 g/mol. The highest BCUT2D eigenvalue weighted by Crippen LogP contribution is 2.32. The molecule has 158 valence electrons. The van der Waals surface area contributed by atoms with Crippen LogP contribution in [0.1, 0.15) is 24.5 Å². The number of aromatic nitrogens is 4. The van der Waals surface area contributed by atoms with Gasteiger partial charge in [0.1, 0.15) is 11.2 Å². The van der Waals surface area contributed by atoms with Crippen LogP contribution in [-0.4, -0.2) is 37.9 Å². The summed E-state index contributed by atoms with van der Waals surface area (Å²) in [4.78, 5) is 22.2. The van der Waals surface area contributed by atoms with Crippen molar-refractivity contribution in [1.82, 2.24) is 19.7 Å². The van der Waals surface area contributed by atoms with E-state index in [9.17, 15) is 14.3 Å². The highest BCUT2D eigenvalue weighted by Gasteiger charge is 2.27. The molecule has 3 heterocycles. The first-order valence-corrected chi connectivity index (χ1v) is 10.3. The summed E-state index contributed by atoms with van der Waals surface area (Å²) in [6.07, 6.45) is 2.36. The van der Waals surface area contributed by atoms with Crippen LogP contribution < -0.4 is 10.5 Å². The first-order chi connectivity index (χ1) is 15.1. The molecule has 1 aliphatic rings. The maximum atomic E-state index is 13.2. The van der Waals surface area contributed by atoms with E-state index in [2.05, 4.69) is 10.1 Å². The van der Waals surface area contributed by atoms with Crippen LogP contribution in [0.25, 0.3) is 16.7 Å². The van der Waals surface area contributed by atoms with Crippen molar-refractivity contribution in [2.45, 2.75) is 18.9 Å². The number of nitrogens with one attached hydrogen (secondary N) is 1. The fourth-order valence-corrected chi connectivity index (χ4v) is 4.17. The zero-order valence-electron chi connectivity index (χ0n) is 16.8. The van der Waals surface area contributed by atoms with Gasteiger partial charge < -0.3 is 10.0 Å². The molecule has 1 unspecified atom stereocenters. The Hall–Kier alpha value is -3.52. The summed E-state index contributed by atoms with van der Waals surface area (Å²) in [5.41, 5.74) is 1.84. The number of aliphatic hydroxyl groups excluding tert-OH is 1. The van der Waals surface area contributed by atoms with Crippen LogP contribution in [0, 0.1) is 11.7 Å². The third-order valence-corrected chi connectivity index (χ3v) is 5.92. The van der Waals surface area contributed by atoms with Gasteiger partial charge in [-0.05, 0) is 48.6 Å². The van der Waals surface area contributed by atoms with Gasteiger partial charge in [-0.25, -0.2) is 9.07 Å². The van der Waals surface area contributed by atoms with Crippen LogP contribution in [0.4, 0.5) is 10.3 Å². The molecule has 1 saturated heterocycles. The van der Waals surface area contributed by atoms with Gasteiger partial charge in [-0.15, -0.1) is 0 Å². The van der Waals surface area contributed by atoms with Crippen molar-refractivity contribution in [1.29, 1.82) is 0 Å². The van der Waals surface area contributed by atoms with E-state index in [0.717, 1.165) is 24.1 Å². The standard InChI is InChI=1S/C23H22FN5O2/c24-17-8-6-15(7-9-17)20(30)16-10-12-28(13-11-16)23-26-21-19(22(31)27-23)14-25-29(21)18-4-2-1-3-5-18/h1-9,14,16,20,30H,10-13H2,(H,26,27,31). The van der Waals surface area contributed by atoms with E-state index in [4.69, 9.17) is 4.98 Å². The van der Waals surface area contributed by atoms with Gasteiger partial charge in [0, 0.05) is 13.1 Å². The van der Waals surface area contributed by atoms with Crippen molar-refractivity contribution in [3.63, 3.8) is 0 Å². The summed E-state index contributed by atoms with van der Waals surface area (Å²) in [5, 5.41) is 15.5. The zero-order valence-corrected chi connectivity index (χ0v) is 16.8. The Balaban J connectivity index is 1.37. The molecule has 5 rings (SSSR count). The molecule has 2 N–H and O–H groups in total. The molecule has 31 heavy (non-hydrogen) atoms. The lowest BCUT2D eigenvalue weighted by Crippen LogP contribution is -2.37. The molecule has 4 aromatic rings. The Labute approximate surface area is 177 Å². The Morgan fingerprint density at radius 3 is 2.48 bits per heavy atom. The minimum atomic E-state index is -0.642. The maximum Gasteiger partial charge on any atom is 0.263 e. The predicted octanol–water partition coefficient (Wildman–Crippen LogP) is 3.20. The topological polar surface area (TPSA) is 87.0 Å². The fraction of sp³-hybridized carbons (Fsp3) is 0.261. The van der Waals surface area contributed by atoms with E-state index >= 15 is 0 Å². The summed E-state index contributed by atoms with van der Waals surface area (Å²) < 4.78 is 14.8. The first kappa shape index (κ1) is 19.4. The highest BCUT2D eigenvalue weighted by atomic mass is 19.1. The number of nitrogens with zero attached hydrogens (tertiary/aromatic N) is 4. The molecule has 2 aromatic carbocycles. The average Bonchev–Trinajstić information content (AvgIpc) is 3.24. The number of aliphatic hydroxyl groups is 1. The Kier molecular flexibility index (Phi) is 4.99. The van der Waals surface area contributed by atoms with Crippen molar-refractivity contribution >= 4 is 17.0 Å². The van der Waals surface area contributed by atoms with Gasteiger partial charge in [-0.2, -0.15) is 10.1 Å². The number of hydrogen-bond acceptors (Lipinski definition) is 5. The van der Waals surface area contributed by atoms with Crippen LogP contribution in [0.3, 0.4) is 0 Å². The van der Waals surface area contributed by atoms with Gasteiger partial charge in [-0.1, -0.05) is 30.3 Å². The van der Waals surface area contributed by atoms with Crippen LogP contribution >= 0.6 is 0 Å². The van der Waals surface area contributed by atoms with Crippen LogP contribution in [0.2, 0.25) is 0 Å². The molecule has 0 amide bonds. The van der Waals surface area contributed by atoms with Crippen LogP contribution in [0.5, 0.6) is 0 Å². The van der Waals surface area contributed by atoms with Gasteiger partial charge in [0.15, 0.2) is 5.65 Å². The molecule has 1 fully saturated rings. The summed E-state index contributed by atoms with van der Waals surface area (Å²) in [7, 11) is 0. The second kappa shape index (κ2) is 7.96. The second-order valence-corrected chi connectivity index (χ2v) is 7.84. The number of aromatic amines is 1. The van der Waals surface area contributed by atoms with E-state index < -0.39 is 6.10 Å². The van der Waals surface area contributed by atoms with Crippen molar-refractivity contribution in [2.75, 3.05) is 18.0 Å². The number of piperidine rings is 1. The minimum absolute atomic E-state index is 0.0620. The zero-order chi connectivity index (χ0) is 21.4. The van der Waals surface area contributed by atoms with Crippen LogP contribution in [0.15, 0.2) is 65.6 Å². The molecule has 1 atom stereocenters. The number of fused-ring (bicyclic) bond motifs is 1. The fourth-order valence-electron chi connectivity index (χ4n) is 4.17. The molecule has 8 heteroatoms. The second-order valence-electron chi connectivity index (χ2n) is 7.84. The van der Waals surface area contributed by atoms with Gasteiger partial charge in [0.05, 0.1) is 18.0 Å². The number of anilines is 1. The Morgan fingerprint density at radius 2 is 1.77 bits per heavy atom. The molecule has 0 saturated carbocycles. The van der Waals surface area contributed by atoms with E-state index in [1.54, 1.807) is 16.8 Å². The lowest BCUT2D eigenvalue weighted by atomic mass is 9.87. The van der Waals surface area contributed by atoms with Gasteiger partial charge >= 0.3 is 0 Å². The molecule has 0 aliphatic carbocycles. The third-order valence-electron chi connectivity index (χ3n) is 5.92. The predicted molar refractivity (Wildman–Crippen MR) is 116 cm³/mol. The summed E-state index contributed by atoms with van der Waals surface area (Å²) >= 11 is 0.